The van der Waals surface area contributed by atoms with Gasteiger partial charge in [0.1, 0.15) is 0 Å². The van der Waals surface area contributed by atoms with Crippen molar-refractivity contribution >= 4 is 6.01 Å². The molecule has 2 atom stereocenters. The summed E-state index contributed by atoms with van der Waals surface area (Å²) in [6.45, 7) is 9.22. The maximum atomic E-state index is 5.52. The highest BCUT2D eigenvalue weighted by Crippen LogP contribution is 2.14. The Kier molecular flexibility index (Phi) is 5.25. The average Bonchev–Trinajstić information content (AvgIpc) is 2.67. The van der Waals surface area contributed by atoms with Crippen molar-refractivity contribution in [1.29, 1.82) is 0 Å². The highest BCUT2D eigenvalue weighted by Gasteiger charge is 2.13. The number of aromatic nitrogens is 2. The van der Waals surface area contributed by atoms with E-state index in [9.17, 15) is 0 Å². The summed E-state index contributed by atoms with van der Waals surface area (Å²) in [7, 11) is 0. The van der Waals surface area contributed by atoms with E-state index in [4.69, 9.17) is 4.42 Å². The molecule has 1 rings (SSSR count). The van der Waals surface area contributed by atoms with E-state index in [1.54, 1.807) is 0 Å². The molecule has 16 heavy (non-hydrogen) atoms. The van der Waals surface area contributed by atoms with Gasteiger partial charge in [-0.15, -0.1) is 5.10 Å². The highest BCUT2D eigenvalue weighted by molar-refractivity contribution is 5.19. The third-order valence-corrected chi connectivity index (χ3v) is 2.41. The minimum Gasteiger partial charge on any atom is -0.406 e. The molecular weight excluding hydrogens is 204 g/mol. The van der Waals surface area contributed by atoms with Gasteiger partial charge < -0.3 is 15.1 Å². The van der Waals surface area contributed by atoms with Crippen LogP contribution in [-0.4, -0.2) is 22.8 Å². The van der Waals surface area contributed by atoms with Crippen molar-refractivity contribution in [1.82, 2.24) is 15.5 Å². The predicted octanol–water partition coefficient (Wildman–Crippen LogP) is 2.34. The first-order chi connectivity index (χ1) is 7.67. The van der Waals surface area contributed by atoms with Crippen molar-refractivity contribution in [2.75, 3.05) is 11.9 Å². The van der Waals surface area contributed by atoms with Gasteiger partial charge in [0.2, 0.25) is 5.89 Å². The molecule has 0 aromatic carbocycles. The van der Waals surface area contributed by atoms with Crippen LogP contribution in [0.5, 0.6) is 0 Å². The monoisotopic (exact) mass is 226 g/mol. The zero-order valence-electron chi connectivity index (χ0n) is 10.6. The van der Waals surface area contributed by atoms with E-state index in [2.05, 4.69) is 41.6 Å². The number of anilines is 1. The molecule has 1 aromatic heterocycles. The van der Waals surface area contributed by atoms with E-state index in [1.807, 2.05) is 6.92 Å². The Morgan fingerprint density at radius 2 is 2.00 bits per heavy atom. The second-order valence-electron chi connectivity index (χ2n) is 4.06. The second kappa shape index (κ2) is 6.48. The molecule has 0 bridgehead atoms. The molecule has 0 aliphatic heterocycles. The molecule has 0 fully saturated rings. The summed E-state index contributed by atoms with van der Waals surface area (Å²) in [6.07, 6.45) is 2.24. The summed E-state index contributed by atoms with van der Waals surface area (Å²) < 4.78 is 5.52. The maximum Gasteiger partial charge on any atom is 0.315 e. The van der Waals surface area contributed by atoms with Crippen LogP contribution in [0, 0.1) is 0 Å². The molecule has 0 spiro atoms. The van der Waals surface area contributed by atoms with Crippen LogP contribution in [0.4, 0.5) is 6.01 Å². The maximum absolute atomic E-state index is 5.52. The van der Waals surface area contributed by atoms with E-state index in [0.717, 1.165) is 19.4 Å². The summed E-state index contributed by atoms with van der Waals surface area (Å²) in [5.74, 6) is 0.632. The van der Waals surface area contributed by atoms with E-state index in [-0.39, 0.29) is 6.04 Å². The number of nitrogens with zero attached hydrogens (tertiary/aromatic N) is 2. The van der Waals surface area contributed by atoms with E-state index >= 15 is 0 Å². The van der Waals surface area contributed by atoms with Crippen molar-refractivity contribution in [2.45, 2.75) is 52.6 Å². The smallest absolute Gasteiger partial charge is 0.315 e. The lowest BCUT2D eigenvalue weighted by Crippen LogP contribution is -2.18. The lowest BCUT2D eigenvalue weighted by Gasteiger charge is -2.09. The normalized spacial score (nSPS) is 14.8. The molecular formula is C11H22N4O. The van der Waals surface area contributed by atoms with E-state index < -0.39 is 0 Å². The minimum atomic E-state index is 0.106. The summed E-state index contributed by atoms with van der Waals surface area (Å²) in [6, 6.07) is 0.989. The van der Waals surface area contributed by atoms with Gasteiger partial charge in [-0.1, -0.05) is 25.4 Å². The number of hydrogen-bond acceptors (Lipinski definition) is 5. The van der Waals surface area contributed by atoms with Crippen molar-refractivity contribution in [2.24, 2.45) is 0 Å². The van der Waals surface area contributed by atoms with Crippen LogP contribution in [0.25, 0.3) is 0 Å². The van der Waals surface area contributed by atoms with Crippen LogP contribution in [0.15, 0.2) is 4.42 Å². The van der Waals surface area contributed by atoms with Gasteiger partial charge in [0.05, 0.1) is 6.04 Å². The Labute approximate surface area is 97.0 Å². The Hall–Kier alpha value is -1.10. The van der Waals surface area contributed by atoms with Crippen LogP contribution in [0.1, 0.15) is 52.5 Å². The molecule has 0 aliphatic rings. The first-order valence-electron chi connectivity index (χ1n) is 6.00. The SMILES string of the molecule is CCCC(C)Nc1nnc(C(C)NCC)o1. The quantitative estimate of drug-likeness (QED) is 0.747. The summed E-state index contributed by atoms with van der Waals surface area (Å²) >= 11 is 0. The Morgan fingerprint density at radius 3 is 2.62 bits per heavy atom. The molecule has 5 nitrogen and oxygen atoms in total. The lowest BCUT2D eigenvalue weighted by molar-refractivity contribution is 0.426. The van der Waals surface area contributed by atoms with Crippen molar-refractivity contribution in [3.05, 3.63) is 5.89 Å². The van der Waals surface area contributed by atoms with Gasteiger partial charge in [-0.05, 0) is 26.8 Å². The van der Waals surface area contributed by atoms with Gasteiger partial charge in [0.25, 0.3) is 0 Å². The summed E-state index contributed by atoms with van der Waals surface area (Å²) in [5.41, 5.74) is 0. The van der Waals surface area contributed by atoms with Crippen molar-refractivity contribution < 1.29 is 4.42 Å². The fourth-order valence-corrected chi connectivity index (χ4v) is 1.58. The Morgan fingerprint density at radius 1 is 1.25 bits per heavy atom. The predicted molar refractivity (Wildman–Crippen MR) is 64.4 cm³/mol. The van der Waals surface area contributed by atoms with Gasteiger partial charge in [0, 0.05) is 6.04 Å². The molecule has 1 aromatic rings. The summed E-state index contributed by atoms with van der Waals surface area (Å²) in [4.78, 5) is 0. The van der Waals surface area contributed by atoms with Crippen molar-refractivity contribution in [3.8, 4) is 0 Å². The molecule has 2 unspecified atom stereocenters. The molecule has 0 saturated heterocycles. The fraction of sp³-hybridized carbons (Fsp3) is 0.818. The number of rotatable bonds is 7. The second-order valence-corrected chi connectivity index (χ2v) is 4.06. The molecule has 0 saturated carbocycles. The van der Waals surface area contributed by atoms with Gasteiger partial charge >= 0.3 is 6.01 Å². The Balaban J connectivity index is 2.50. The van der Waals surface area contributed by atoms with Crippen LogP contribution in [0.2, 0.25) is 0 Å². The molecule has 5 heteroatoms. The molecule has 0 amide bonds. The fourth-order valence-electron chi connectivity index (χ4n) is 1.58. The average molecular weight is 226 g/mol. The first kappa shape index (κ1) is 13.0. The number of nitrogens with one attached hydrogen (secondary N) is 2. The molecule has 0 aliphatic carbocycles. The van der Waals surface area contributed by atoms with Gasteiger partial charge in [-0.3, -0.25) is 0 Å². The van der Waals surface area contributed by atoms with Gasteiger partial charge in [-0.25, -0.2) is 0 Å². The zero-order chi connectivity index (χ0) is 12.0. The van der Waals surface area contributed by atoms with E-state index in [0.29, 0.717) is 17.9 Å². The van der Waals surface area contributed by atoms with Crippen LogP contribution < -0.4 is 10.6 Å². The van der Waals surface area contributed by atoms with Crippen LogP contribution >= 0.6 is 0 Å². The molecule has 1 heterocycles. The van der Waals surface area contributed by atoms with Crippen LogP contribution in [0.3, 0.4) is 0 Å². The zero-order valence-corrected chi connectivity index (χ0v) is 10.6. The molecule has 2 N–H and O–H groups in total. The number of hydrogen-bond donors (Lipinski definition) is 2. The summed E-state index contributed by atoms with van der Waals surface area (Å²) in [5, 5.41) is 14.4. The molecule has 0 radical (unpaired) electrons. The van der Waals surface area contributed by atoms with E-state index in [1.165, 1.54) is 0 Å². The lowest BCUT2D eigenvalue weighted by atomic mass is 10.2. The van der Waals surface area contributed by atoms with Gasteiger partial charge in [0.15, 0.2) is 0 Å². The largest absolute Gasteiger partial charge is 0.406 e. The third-order valence-electron chi connectivity index (χ3n) is 2.41. The van der Waals surface area contributed by atoms with Crippen molar-refractivity contribution in [3.63, 3.8) is 0 Å². The van der Waals surface area contributed by atoms with Crippen LogP contribution in [-0.2, 0) is 0 Å². The standard InChI is InChI=1S/C11H22N4O/c1-5-7-8(3)13-11-15-14-10(16-11)9(4)12-6-2/h8-9,12H,5-7H2,1-4H3,(H,13,15). The topological polar surface area (TPSA) is 63.0 Å². The molecule has 92 valence electrons. The minimum absolute atomic E-state index is 0.106. The first-order valence-corrected chi connectivity index (χ1v) is 6.00. The highest BCUT2D eigenvalue weighted by atomic mass is 16.4. The Bertz CT molecular complexity index is 300. The third kappa shape index (κ3) is 3.81. The van der Waals surface area contributed by atoms with Gasteiger partial charge in [-0.2, -0.15) is 0 Å².